The molecule has 3 rings (SSSR count). The van der Waals surface area contributed by atoms with Gasteiger partial charge in [0.25, 0.3) is 0 Å². The van der Waals surface area contributed by atoms with E-state index in [1.54, 1.807) is 10.9 Å². The van der Waals surface area contributed by atoms with E-state index in [2.05, 4.69) is 9.82 Å². The van der Waals surface area contributed by atoms with Crippen LogP contribution in [0.3, 0.4) is 0 Å². The molecule has 27 heavy (non-hydrogen) atoms. The van der Waals surface area contributed by atoms with Gasteiger partial charge in [-0.25, -0.2) is 17.8 Å². The van der Waals surface area contributed by atoms with Crippen molar-refractivity contribution in [3.05, 3.63) is 76.1 Å². The topological polar surface area (TPSA) is 64.0 Å². The Balaban J connectivity index is 1.84. The molecule has 0 spiro atoms. The Morgan fingerprint density at radius 1 is 0.889 bits per heavy atom. The van der Waals surface area contributed by atoms with Crippen LogP contribution in [-0.4, -0.2) is 18.2 Å². The summed E-state index contributed by atoms with van der Waals surface area (Å²) in [6.07, 6.45) is 3.59. The third kappa shape index (κ3) is 3.68. The highest BCUT2D eigenvalue weighted by Crippen LogP contribution is 2.29. The Labute approximate surface area is 161 Å². The Morgan fingerprint density at radius 3 is 1.96 bits per heavy atom. The second kappa shape index (κ2) is 7.29. The largest absolute Gasteiger partial charge is 0.241 e. The molecule has 2 aromatic carbocycles. The van der Waals surface area contributed by atoms with Crippen molar-refractivity contribution in [3.8, 4) is 5.69 Å². The molecule has 0 saturated heterocycles. The molecule has 0 unspecified atom stereocenters. The third-order valence-corrected chi connectivity index (χ3v) is 7.05. The Hall–Kier alpha value is -2.44. The predicted molar refractivity (Wildman–Crippen MR) is 108 cm³/mol. The first-order valence-corrected chi connectivity index (χ1v) is 10.4. The van der Waals surface area contributed by atoms with Gasteiger partial charge in [0, 0.05) is 18.9 Å². The average Bonchev–Trinajstić information content (AvgIpc) is 3.18. The first-order chi connectivity index (χ1) is 12.7. The molecule has 0 atom stereocenters. The summed E-state index contributed by atoms with van der Waals surface area (Å²) in [5.41, 5.74) is 6.67. The summed E-state index contributed by atoms with van der Waals surface area (Å²) in [6, 6.07) is 9.52. The van der Waals surface area contributed by atoms with Crippen molar-refractivity contribution in [1.82, 2.24) is 14.5 Å². The van der Waals surface area contributed by atoms with E-state index in [1.165, 1.54) is 0 Å². The van der Waals surface area contributed by atoms with Crippen molar-refractivity contribution in [2.45, 2.75) is 46.1 Å². The van der Waals surface area contributed by atoms with E-state index >= 15 is 0 Å². The van der Waals surface area contributed by atoms with E-state index < -0.39 is 10.0 Å². The molecule has 0 aliphatic rings. The number of benzene rings is 2. The number of hydrogen-bond donors (Lipinski definition) is 1. The molecular formula is C21H25N3O2S. The quantitative estimate of drug-likeness (QED) is 0.727. The molecule has 1 aromatic heterocycles. The fourth-order valence-electron chi connectivity index (χ4n) is 3.31. The second-order valence-electron chi connectivity index (χ2n) is 6.90. The van der Waals surface area contributed by atoms with Gasteiger partial charge in [0.1, 0.15) is 0 Å². The fraction of sp³-hybridized carbons (Fsp3) is 0.286. The van der Waals surface area contributed by atoms with Crippen molar-refractivity contribution >= 4 is 10.0 Å². The zero-order valence-corrected chi connectivity index (χ0v) is 17.2. The zero-order chi connectivity index (χ0) is 19.8. The summed E-state index contributed by atoms with van der Waals surface area (Å²) in [6.45, 7) is 9.99. The lowest BCUT2D eigenvalue weighted by atomic mass is 9.95. The van der Waals surface area contributed by atoms with Crippen molar-refractivity contribution in [1.29, 1.82) is 0 Å². The van der Waals surface area contributed by atoms with Crippen LogP contribution >= 0.6 is 0 Å². The number of rotatable bonds is 5. The minimum absolute atomic E-state index is 0.243. The molecule has 0 aliphatic carbocycles. The molecule has 6 heteroatoms. The van der Waals surface area contributed by atoms with E-state index in [-0.39, 0.29) is 6.54 Å². The smallest absolute Gasteiger partial charge is 0.241 e. The van der Waals surface area contributed by atoms with Gasteiger partial charge in [-0.3, -0.25) is 0 Å². The molecule has 0 amide bonds. The van der Waals surface area contributed by atoms with Crippen molar-refractivity contribution < 1.29 is 8.42 Å². The molecule has 0 saturated carbocycles. The van der Waals surface area contributed by atoms with Crippen molar-refractivity contribution in [2.75, 3.05) is 0 Å². The van der Waals surface area contributed by atoms with Gasteiger partial charge in [0.15, 0.2) is 0 Å². The lowest BCUT2D eigenvalue weighted by Gasteiger charge is -2.19. The maximum atomic E-state index is 13.0. The van der Waals surface area contributed by atoms with Gasteiger partial charge < -0.3 is 0 Å². The normalized spacial score (nSPS) is 11.7. The molecular weight excluding hydrogens is 358 g/mol. The van der Waals surface area contributed by atoms with E-state index in [0.29, 0.717) is 4.90 Å². The molecule has 142 valence electrons. The Kier molecular flexibility index (Phi) is 5.22. The van der Waals surface area contributed by atoms with Crippen LogP contribution in [0, 0.1) is 34.6 Å². The highest BCUT2D eigenvalue weighted by atomic mass is 32.2. The van der Waals surface area contributed by atoms with E-state index in [9.17, 15) is 8.42 Å². The fourth-order valence-corrected chi connectivity index (χ4v) is 4.92. The average molecular weight is 384 g/mol. The van der Waals surface area contributed by atoms with Crippen molar-refractivity contribution in [2.24, 2.45) is 0 Å². The first kappa shape index (κ1) is 19.3. The van der Waals surface area contributed by atoms with E-state index in [0.717, 1.165) is 39.1 Å². The monoisotopic (exact) mass is 383 g/mol. The molecule has 5 nitrogen and oxygen atoms in total. The number of sulfonamides is 1. The van der Waals surface area contributed by atoms with Crippen LogP contribution in [0.1, 0.15) is 33.4 Å². The summed E-state index contributed by atoms with van der Waals surface area (Å²) >= 11 is 0. The van der Waals surface area contributed by atoms with Crippen LogP contribution in [0.2, 0.25) is 0 Å². The molecule has 0 bridgehead atoms. The first-order valence-electron chi connectivity index (χ1n) is 8.88. The standard InChI is InChI=1S/C21H25N3O2S/c1-14-15(2)17(4)21(18(5)16(14)3)27(25,26)23-13-19-7-9-20(10-8-19)24-12-6-11-22-24/h6-12,23H,13H2,1-5H3. The molecule has 0 aliphatic heterocycles. The molecule has 0 fully saturated rings. The van der Waals surface area contributed by atoms with Crippen LogP contribution in [0.5, 0.6) is 0 Å². The second-order valence-corrected chi connectivity index (χ2v) is 8.60. The molecule has 1 N–H and O–H groups in total. The predicted octanol–water partition coefficient (Wildman–Crippen LogP) is 3.89. The van der Waals surface area contributed by atoms with Crippen LogP contribution in [0.15, 0.2) is 47.6 Å². The lowest BCUT2D eigenvalue weighted by Crippen LogP contribution is -2.25. The van der Waals surface area contributed by atoms with E-state index in [4.69, 9.17) is 0 Å². The zero-order valence-electron chi connectivity index (χ0n) is 16.4. The highest BCUT2D eigenvalue weighted by molar-refractivity contribution is 7.89. The van der Waals surface area contributed by atoms with Gasteiger partial charge >= 0.3 is 0 Å². The summed E-state index contributed by atoms with van der Waals surface area (Å²) in [5.74, 6) is 0. The number of aromatic nitrogens is 2. The molecule has 3 aromatic rings. The van der Waals surface area contributed by atoms with Gasteiger partial charge in [-0.15, -0.1) is 0 Å². The minimum atomic E-state index is -3.60. The van der Waals surface area contributed by atoms with Crippen LogP contribution in [0.25, 0.3) is 5.69 Å². The van der Waals surface area contributed by atoms with E-state index in [1.807, 2.05) is 71.1 Å². The van der Waals surface area contributed by atoms with Gasteiger partial charge in [-0.05, 0) is 86.2 Å². The SMILES string of the molecule is Cc1c(C)c(C)c(S(=O)(=O)NCc2ccc(-n3cccn3)cc2)c(C)c1C. The van der Waals surface area contributed by atoms with Gasteiger partial charge in [-0.2, -0.15) is 5.10 Å². The maximum absolute atomic E-state index is 13.0. The number of hydrogen-bond acceptors (Lipinski definition) is 3. The molecule has 0 radical (unpaired) electrons. The Bertz CT molecular complexity index is 1040. The van der Waals surface area contributed by atoms with Crippen LogP contribution in [0.4, 0.5) is 0 Å². The molecule has 1 heterocycles. The third-order valence-electron chi connectivity index (χ3n) is 5.37. The van der Waals surface area contributed by atoms with Crippen LogP contribution < -0.4 is 4.72 Å². The maximum Gasteiger partial charge on any atom is 0.241 e. The van der Waals surface area contributed by atoms with Gasteiger partial charge in [0.05, 0.1) is 10.6 Å². The highest BCUT2D eigenvalue weighted by Gasteiger charge is 2.23. The van der Waals surface area contributed by atoms with Gasteiger partial charge in [0.2, 0.25) is 10.0 Å². The summed E-state index contributed by atoms with van der Waals surface area (Å²) in [4.78, 5) is 0.399. The van der Waals surface area contributed by atoms with Crippen molar-refractivity contribution in [3.63, 3.8) is 0 Å². The number of nitrogens with one attached hydrogen (secondary N) is 1. The number of nitrogens with zero attached hydrogens (tertiary/aromatic N) is 2. The summed E-state index contributed by atoms with van der Waals surface area (Å²) < 4.78 is 30.5. The lowest BCUT2D eigenvalue weighted by molar-refractivity contribution is 0.579. The van der Waals surface area contributed by atoms with Gasteiger partial charge in [-0.1, -0.05) is 12.1 Å². The Morgan fingerprint density at radius 2 is 1.44 bits per heavy atom. The minimum Gasteiger partial charge on any atom is -0.241 e. The summed E-state index contributed by atoms with van der Waals surface area (Å²) in [7, 11) is -3.60. The van der Waals surface area contributed by atoms with Crippen LogP contribution in [-0.2, 0) is 16.6 Å². The summed E-state index contributed by atoms with van der Waals surface area (Å²) in [5, 5.41) is 4.19.